The molecule has 1 aliphatic heterocycles. The molecule has 0 saturated heterocycles. The van der Waals surface area contributed by atoms with Crippen LogP contribution in [-0.2, 0) is 11.9 Å². The Morgan fingerprint density at radius 1 is 1.53 bits per heavy atom. The molecule has 1 aromatic carbocycles. The minimum atomic E-state index is -0.429. The number of hydrogen-bond acceptors (Lipinski definition) is 3. The highest BCUT2D eigenvalue weighted by Crippen LogP contribution is 2.32. The number of benzene rings is 1. The van der Waals surface area contributed by atoms with Gasteiger partial charge in [-0.25, -0.2) is 9.18 Å². The van der Waals surface area contributed by atoms with Crippen molar-refractivity contribution in [3.63, 3.8) is 0 Å². The topological polar surface area (TPSA) is 46.9 Å². The van der Waals surface area contributed by atoms with Crippen LogP contribution >= 0.6 is 15.9 Å². The second-order valence-electron chi connectivity index (χ2n) is 5.41. The quantitative estimate of drug-likeness (QED) is 0.820. The van der Waals surface area contributed by atoms with E-state index in [4.69, 9.17) is 0 Å². The lowest BCUT2D eigenvalue weighted by Crippen LogP contribution is -2.30. The number of rotatable bonds is 1. The molecule has 1 aromatic heterocycles. The van der Waals surface area contributed by atoms with Crippen molar-refractivity contribution in [2.24, 2.45) is 0 Å². The Labute approximate surface area is 117 Å². The number of anilines is 1. The molecule has 6 heteroatoms. The summed E-state index contributed by atoms with van der Waals surface area (Å²) < 4.78 is 15.8. The molecule has 0 fully saturated rings. The summed E-state index contributed by atoms with van der Waals surface area (Å²) in [6.45, 7) is 4.52. The Morgan fingerprint density at radius 3 is 2.95 bits per heavy atom. The first-order chi connectivity index (χ1) is 8.93. The smallest absolute Gasteiger partial charge is 0.349 e. The molecule has 0 atom stereocenters. The van der Waals surface area contributed by atoms with Gasteiger partial charge in [0.15, 0.2) is 5.82 Å². The second-order valence-corrected chi connectivity index (χ2v) is 5.97. The molecule has 0 bridgehead atoms. The predicted molar refractivity (Wildman–Crippen MR) is 76.3 cm³/mol. The van der Waals surface area contributed by atoms with E-state index in [-0.39, 0.29) is 11.1 Å². The fraction of sp³-hybridized carbons (Fsp3) is 0.385. The molecule has 0 radical (unpaired) electrons. The standard InChI is InChI=1S/C13H13BrFN3O/c1-13(2)6-18-11(17-13)8-4-3-7(5-14)9(15)10(8)16-12(18)19/h3-4,17H,5-6H2,1-2H3. The molecule has 1 aliphatic rings. The van der Waals surface area contributed by atoms with Gasteiger partial charge in [0.2, 0.25) is 0 Å². The summed E-state index contributed by atoms with van der Waals surface area (Å²) in [4.78, 5) is 15.9. The first-order valence-electron chi connectivity index (χ1n) is 5.99. The van der Waals surface area contributed by atoms with Crippen LogP contribution in [0.1, 0.15) is 19.4 Å². The van der Waals surface area contributed by atoms with Crippen molar-refractivity contribution in [3.8, 4) is 0 Å². The van der Waals surface area contributed by atoms with Crippen LogP contribution in [0.4, 0.5) is 10.2 Å². The summed E-state index contributed by atoms with van der Waals surface area (Å²) >= 11 is 3.23. The van der Waals surface area contributed by atoms with Crippen molar-refractivity contribution in [2.75, 3.05) is 5.32 Å². The van der Waals surface area contributed by atoms with Crippen LogP contribution in [0.25, 0.3) is 10.9 Å². The molecule has 19 heavy (non-hydrogen) atoms. The highest BCUT2D eigenvalue weighted by atomic mass is 79.9. The Morgan fingerprint density at radius 2 is 2.26 bits per heavy atom. The van der Waals surface area contributed by atoms with E-state index in [1.165, 1.54) is 0 Å². The summed E-state index contributed by atoms with van der Waals surface area (Å²) in [6.07, 6.45) is 0. The highest BCUT2D eigenvalue weighted by molar-refractivity contribution is 9.08. The van der Waals surface area contributed by atoms with E-state index in [9.17, 15) is 9.18 Å². The lowest BCUT2D eigenvalue weighted by molar-refractivity contribution is 0.513. The van der Waals surface area contributed by atoms with E-state index in [0.29, 0.717) is 28.6 Å². The number of aromatic nitrogens is 2. The minimum absolute atomic E-state index is 0.137. The first-order valence-corrected chi connectivity index (χ1v) is 7.11. The van der Waals surface area contributed by atoms with Crippen LogP contribution in [0.5, 0.6) is 0 Å². The third-order valence-corrected chi connectivity index (χ3v) is 3.92. The van der Waals surface area contributed by atoms with E-state index < -0.39 is 11.5 Å². The maximum atomic E-state index is 14.2. The lowest BCUT2D eigenvalue weighted by atomic mass is 10.1. The van der Waals surface area contributed by atoms with Gasteiger partial charge in [0.1, 0.15) is 11.3 Å². The zero-order valence-corrected chi connectivity index (χ0v) is 12.2. The Balaban J connectivity index is 2.38. The number of nitrogens with one attached hydrogen (secondary N) is 1. The molecule has 100 valence electrons. The molecule has 0 spiro atoms. The number of halogens is 2. The van der Waals surface area contributed by atoms with E-state index in [0.717, 1.165) is 0 Å². The van der Waals surface area contributed by atoms with Crippen LogP contribution in [-0.4, -0.2) is 15.1 Å². The van der Waals surface area contributed by atoms with Gasteiger partial charge in [0.25, 0.3) is 0 Å². The lowest BCUT2D eigenvalue weighted by Gasteiger charge is -2.16. The fourth-order valence-corrected chi connectivity index (χ4v) is 2.88. The largest absolute Gasteiger partial charge is 0.364 e. The summed E-state index contributed by atoms with van der Waals surface area (Å²) in [6, 6.07) is 3.52. The zero-order chi connectivity index (χ0) is 13.8. The average molecular weight is 326 g/mol. The number of alkyl halides is 1. The van der Waals surface area contributed by atoms with Gasteiger partial charge in [0, 0.05) is 16.3 Å². The van der Waals surface area contributed by atoms with Crippen molar-refractivity contribution in [1.82, 2.24) is 9.55 Å². The van der Waals surface area contributed by atoms with E-state index in [2.05, 4.69) is 26.2 Å². The Bertz CT molecular complexity index is 739. The molecule has 4 nitrogen and oxygen atoms in total. The van der Waals surface area contributed by atoms with Gasteiger partial charge in [-0.15, -0.1) is 0 Å². The molecular formula is C13H13BrFN3O. The van der Waals surface area contributed by atoms with Crippen LogP contribution in [0, 0.1) is 5.82 Å². The van der Waals surface area contributed by atoms with E-state index in [1.54, 1.807) is 10.6 Å². The number of nitrogens with zero attached hydrogens (tertiary/aromatic N) is 2. The fourth-order valence-electron chi connectivity index (χ4n) is 2.44. The molecule has 1 N–H and O–H groups in total. The molecule has 0 amide bonds. The predicted octanol–water partition coefficient (Wildman–Crippen LogP) is 2.63. The van der Waals surface area contributed by atoms with Crippen molar-refractivity contribution in [1.29, 1.82) is 0 Å². The Kier molecular flexibility index (Phi) is 2.67. The maximum Gasteiger partial charge on any atom is 0.349 e. The number of fused-ring (bicyclic) bond motifs is 3. The van der Waals surface area contributed by atoms with Gasteiger partial charge >= 0.3 is 5.69 Å². The van der Waals surface area contributed by atoms with Gasteiger partial charge in [-0.2, -0.15) is 4.98 Å². The monoisotopic (exact) mass is 325 g/mol. The molecule has 0 aliphatic carbocycles. The maximum absolute atomic E-state index is 14.2. The highest BCUT2D eigenvalue weighted by Gasteiger charge is 2.30. The molecule has 2 heterocycles. The van der Waals surface area contributed by atoms with Gasteiger partial charge in [0.05, 0.1) is 12.1 Å². The van der Waals surface area contributed by atoms with Crippen LogP contribution in [0.2, 0.25) is 0 Å². The first kappa shape index (κ1) is 12.6. The van der Waals surface area contributed by atoms with E-state index in [1.807, 2.05) is 19.9 Å². The van der Waals surface area contributed by atoms with Crippen molar-refractivity contribution >= 4 is 32.7 Å². The summed E-state index contributed by atoms with van der Waals surface area (Å²) in [5.41, 5.74) is -0.00150. The van der Waals surface area contributed by atoms with Gasteiger partial charge in [-0.3, -0.25) is 4.57 Å². The minimum Gasteiger partial charge on any atom is -0.364 e. The normalized spacial score (nSPS) is 16.4. The SMILES string of the molecule is CC1(C)Cn2c(c3ccc(CBr)c(F)c3nc2=O)N1. The van der Waals surface area contributed by atoms with Gasteiger partial charge in [-0.1, -0.05) is 22.0 Å². The second kappa shape index (κ2) is 4.03. The van der Waals surface area contributed by atoms with Gasteiger partial charge in [-0.05, 0) is 19.9 Å². The summed E-state index contributed by atoms with van der Waals surface area (Å²) in [5, 5.41) is 4.31. The van der Waals surface area contributed by atoms with Crippen LogP contribution < -0.4 is 11.0 Å². The summed E-state index contributed by atoms with van der Waals surface area (Å²) in [7, 11) is 0. The van der Waals surface area contributed by atoms with Crippen LogP contribution in [0.3, 0.4) is 0 Å². The Hall–Kier alpha value is -1.43. The van der Waals surface area contributed by atoms with Gasteiger partial charge < -0.3 is 5.32 Å². The van der Waals surface area contributed by atoms with E-state index >= 15 is 0 Å². The molecule has 3 rings (SSSR count). The third-order valence-electron chi connectivity index (χ3n) is 3.31. The zero-order valence-electron chi connectivity index (χ0n) is 10.6. The number of hydrogen-bond donors (Lipinski definition) is 1. The van der Waals surface area contributed by atoms with Crippen molar-refractivity contribution < 1.29 is 4.39 Å². The molecule has 2 aromatic rings. The summed E-state index contributed by atoms with van der Waals surface area (Å²) in [5.74, 6) is 0.224. The van der Waals surface area contributed by atoms with Crippen molar-refractivity contribution in [3.05, 3.63) is 34.0 Å². The van der Waals surface area contributed by atoms with Crippen LogP contribution in [0.15, 0.2) is 16.9 Å². The third kappa shape index (κ3) is 1.85. The molecule has 0 unspecified atom stereocenters. The van der Waals surface area contributed by atoms with Crippen molar-refractivity contribution in [2.45, 2.75) is 31.3 Å². The average Bonchev–Trinajstić information content (AvgIpc) is 2.67. The molecular weight excluding hydrogens is 313 g/mol. The molecule has 0 saturated carbocycles.